The molecule has 0 atom stereocenters. The number of imidazole rings is 1. The molecule has 4 aromatic rings. The van der Waals surface area contributed by atoms with Crippen molar-refractivity contribution in [3.63, 3.8) is 0 Å². The predicted molar refractivity (Wildman–Crippen MR) is 129 cm³/mol. The highest BCUT2D eigenvalue weighted by atomic mass is 19.1. The van der Waals surface area contributed by atoms with Crippen LogP contribution in [0.3, 0.4) is 0 Å². The second-order valence-electron chi connectivity index (χ2n) is 10.9. The van der Waals surface area contributed by atoms with E-state index in [2.05, 4.69) is 34.1 Å². The first kappa shape index (κ1) is 22.5. The minimum absolute atomic E-state index is 0.0333. The average molecular weight is 464 g/mol. The van der Waals surface area contributed by atoms with E-state index in [1.807, 2.05) is 49.7 Å². The van der Waals surface area contributed by atoms with Gasteiger partial charge in [0.15, 0.2) is 0 Å². The van der Waals surface area contributed by atoms with Gasteiger partial charge in [-0.15, -0.1) is 0 Å². The number of amides is 1. The molecule has 1 aliphatic heterocycles. The lowest BCUT2D eigenvalue weighted by atomic mass is 9.80. The Bertz CT molecular complexity index is 1390. The Morgan fingerprint density at radius 2 is 2.00 bits per heavy atom. The molecular formula is C26H30FN5O2. The van der Waals surface area contributed by atoms with Crippen molar-refractivity contribution in [1.82, 2.24) is 24.7 Å². The molecule has 7 nitrogen and oxygen atoms in total. The Balaban J connectivity index is 1.49. The van der Waals surface area contributed by atoms with E-state index in [-0.39, 0.29) is 28.6 Å². The predicted octanol–water partition coefficient (Wildman–Crippen LogP) is 4.30. The zero-order valence-electron chi connectivity index (χ0n) is 20.2. The number of carbonyl (C=O) groups excluding carboxylic acids is 1. The Morgan fingerprint density at radius 3 is 2.68 bits per heavy atom. The van der Waals surface area contributed by atoms with Crippen molar-refractivity contribution < 1.29 is 13.9 Å². The highest BCUT2D eigenvalue weighted by Gasteiger charge is 2.28. The van der Waals surface area contributed by atoms with Crippen LogP contribution in [0.2, 0.25) is 0 Å². The largest absolute Gasteiger partial charge is 0.377 e. The molecule has 34 heavy (non-hydrogen) atoms. The molecule has 4 aromatic heterocycles. The third-order valence-corrected chi connectivity index (χ3v) is 6.58. The molecule has 5 heterocycles. The van der Waals surface area contributed by atoms with Gasteiger partial charge < -0.3 is 19.4 Å². The summed E-state index contributed by atoms with van der Waals surface area (Å²) in [6.07, 6.45) is 7.77. The molecule has 0 aromatic carbocycles. The Kier molecular flexibility index (Phi) is 5.24. The molecule has 0 radical (unpaired) electrons. The molecule has 8 heteroatoms. The lowest BCUT2D eigenvalue weighted by molar-refractivity contribution is -0.00344. The van der Waals surface area contributed by atoms with Gasteiger partial charge in [0.1, 0.15) is 17.1 Å². The van der Waals surface area contributed by atoms with E-state index in [1.165, 1.54) is 0 Å². The van der Waals surface area contributed by atoms with Crippen LogP contribution in [0.1, 0.15) is 61.8 Å². The highest BCUT2D eigenvalue weighted by molar-refractivity contribution is 6.00. The number of fused-ring (bicyclic) bond motifs is 2. The first-order chi connectivity index (χ1) is 16.0. The summed E-state index contributed by atoms with van der Waals surface area (Å²) < 4.78 is 22.3. The molecule has 0 saturated carbocycles. The van der Waals surface area contributed by atoms with E-state index in [0.717, 1.165) is 11.3 Å². The van der Waals surface area contributed by atoms with Gasteiger partial charge in [-0.05, 0) is 34.9 Å². The fraction of sp³-hybridized carbons (Fsp3) is 0.423. The number of hydrogen-bond acceptors (Lipinski definition) is 4. The number of carbonyl (C=O) groups is 1. The number of H-pyrrole nitrogens is 1. The zero-order chi connectivity index (χ0) is 24.3. The topological polar surface area (TPSA) is 84.3 Å². The second-order valence-corrected chi connectivity index (χ2v) is 10.9. The molecule has 5 rings (SSSR count). The lowest BCUT2D eigenvalue weighted by Crippen LogP contribution is -2.48. The number of ether oxygens (including phenoxy) is 1. The molecule has 1 amide bonds. The number of pyridine rings is 2. The Morgan fingerprint density at radius 1 is 1.24 bits per heavy atom. The molecule has 1 fully saturated rings. The van der Waals surface area contributed by atoms with Gasteiger partial charge in [0, 0.05) is 36.0 Å². The highest BCUT2D eigenvalue weighted by Crippen LogP contribution is 2.33. The van der Waals surface area contributed by atoms with Crippen molar-refractivity contribution in [2.45, 2.75) is 57.9 Å². The SMILES string of the molecule is CC(C)(C)c1cnc2[nH]c(CC(C)(C)c3cc(C(=O)NC4COC4)c4nccn4c3)cc2c1F. The fourth-order valence-corrected chi connectivity index (χ4v) is 4.45. The van der Waals surface area contributed by atoms with E-state index in [9.17, 15) is 4.79 Å². The first-order valence-corrected chi connectivity index (χ1v) is 11.6. The molecule has 2 N–H and O–H groups in total. The molecule has 1 saturated heterocycles. The van der Waals surface area contributed by atoms with Crippen LogP contribution in [-0.2, 0) is 22.0 Å². The molecule has 0 unspecified atom stereocenters. The summed E-state index contributed by atoms with van der Waals surface area (Å²) in [5, 5.41) is 3.52. The van der Waals surface area contributed by atoms with Crippen LogP contribution in [0.15, 0.2) is 36.9 Å². The maximum Gasteiger partial charge on any atom is 0.255 e. The van der Waals surface area contributed by atoms with Gasteiger partial charge >= 0.3 is 0 Å². The van der Waals surface area contributed by atoms with Crippen LogP contribution in [0.5, 0.6) is 0 Å². The first-order valence-electron chi connectivity index (χ1n) is 11.6. The Labute approximate surface area is 197 Å². The van der Waals surface area contributed by atoms with Gasteiger partial charge in [0.2, 0.25) is 0 Å². The Hall–Kier alpha value is -3.26. The van der Waals surface area contributed by atoms with Gasteiger partial charge in [0.25, 0.3) is 5.91 Å². The van der Waals surface area contributed by atoms with E-state index >= 15 is 4.39 Å². The quantitative estimate of drug-likeness (QED) is 0.462. The van der Waals surface area contributed by atoms with Crippen LogP contribution in [0.4, 0.5) is 4.39 Å². The van der Waals surface area contributed by atoms with Gasteiger partial charge in [-0.25, -0.2) is 14.4 Å². The summed E-state index contributed by atoms with van der Waals surface area (Å²) in [5.41, 5.74) is 3.48. The third kappa shape index (κ3) is 3.96. The van der Waals surface area contributed by atoms with E-state index < -0.39 is 0 Å². The summed E-state index contributed by atoms with van der Waals surface area (Å²) >= 11 is 0. The summed E-state index contributed by atoms with van der Waals surface area (Å²) in [4.78, 5) is 25.1. The normalized spacial score (nSPS) is 15.1. The van der Waals surface area contributed by atoms with Gasteiger partial charge in [0.05, 0.1) is 30.2 Å². The maximum atomic E-state index is 15.2. The van der Waals surface area contributed by atoms with Crippen molar-refractivity contribution in [1.29, 1.82) is 0 Å². The molecule has 1 aliphatic rings. The molecular weight excluding hydrogens is 433 g/mol. The summed E-state index contributed by atoms with van der Waals surface area (Å²) in [6, 6.07) is 3.80. The van der Waals surface area contributed by atoms with Crippen LogP contribution < -0.4 is 5.32 Å². The molecule has 0 aliphatic carbocycles. The molecule has 0 bridgehead atoms. The van der Waals surface area contributed by atoms with E-state index in [0.29, 0.717) is 47.4 Å². The number of hydrogen-bond donors (Lipinski definition) is 2. The number of nitrogens with one attached hydrogen (secondary N) is 2. The molecule has 178 valence electrons. The number of aromatic amines is 1. The van der Waals surface area contributed by atoms with Gasteiger partial charge in [-0.2, -0.15) is 0 Å². The van der Waals surface area contributed by atoms with Crippen molar-refractivity contribution >= 4 is 22.6 Å². The number of rotatable bonds is 5. The minimum atomic E-state index is -0.350. The standard InChI is InChI=1S/C26H30FN5O2/c1-25(2,3)20-11-29-22-18(21(20)27)9-16(30-22)10-26(4,5)15-8-19(23-28-6-7-32(23)12-15)24(33)31-17-13-34-14-17/h6-9,11-12,17H,10,13-14H2,1-5H3,(H,29,30)(H,31,33). The average Bonchev–Trinajstić information content (AvgIpc) is 3.35. The van der Waals surface area contributed by atoms with E-state index in [4.69, 9.17) is 4.74 Å². The van der Waals surface area contributed by atoms with Crippen LogP contribution in [0.25, 0.3) is 16.7 Å². The summed E-state index contributed by atoms with van der Waals surface area (Å²) in [6.45, 7) is 11.2. The van der Waals surface area contributed by atoms with Crippen molar-refractivity contribution in [2.24, 2.45) is 0 Å². The monoisotopic (exact) mass is 463 g/mol. The number of nitrogens with zero attached hydrogens (tertiary/aromatic N) is 3. The van der Waals surface area contributed by atoms with Crippen LogP contribution >= 0.6 is 0 Å². The smallest absolute Gasteiger partial charge is 0.255 e. The van der Waals surface area contributed by atoms with Crippen LogP contribution in [0, 0.1) is 5.82 Å². The minimum Gasteiger partial charge on any atom is -0.377 e. The van der Waals surface area contributed by atoms with Gasteiger partial charge in [-0.1, -0.05) is 34.6 Å². The second kappa shape index (κ2) is 7.91. The zero-order valence-corrected chi connectivity index (χ0v) is 20.2. The number of halogens is 1. The number of aromatic nitrogens is 4. The van der Waals surface area contributed by atoms with Crippen molar-refractivity contribution in [2.75, 3.05) is 13.2 Å². The van der Waals surface area contributed by atoms with Crippen molar-refractivity contribution in [3.05, 3.63) is 65.1 Å². The van der Waals surface area contributed by atoms with Gasteiger partial charge in [-0.3, -0.25) is 4.79 Å². The third-order valence-electron chi connectivity index (χ3n) is 6.58. The molecule has 0 spiro atoms. The summed E-state index contributed by atoms with van der Waals surface area (Å²) in [7, 11) is 0. The van der Waals surface area contributed by atoms with Crippen molar-refractivity contribution in [3.8, 4) is 0 Å². The lowest BCUT2D eigenvalue weighted by Gasteiger charge is -2.28. The van der Waals surface area contributed by atoms with Crippen LogP contribution in [-0.4, -0.2) is 44.5 Å². The summed E-state index contributed by atoms with van der Waals surface area (Å²) in [5.74, 6) is -0.384. The fourth-order valence-electron chi connectivity index (χ4n) is 4.45. The maximum absolute atomic E-state index is 15.2. The van der Waals surface area contributed by atoms with E-state index in [1.54, 1.807) is 12.4 Å².